The van der Waals surface area contributed by atoms with Crippen molar-refractivity contribution in [2.75, 3.05) is 13.7 Å². The highest BCUT2D eigenvalue weighted by atomic mass is 32.2. The van der Waals surface area contributed by atoms with Gasteiger partial charge in [0.25, 0.3) is 0 Å². The van der Waals surface area contributed by atoms with E-state index in [0.717, 1.165) is 17.5 Å². The molecule has 2 N–H and O–H groups in total. The molecule has 0 bridgehead atoms. The first-order valence-electron chi connectivity index (χ1n) is 8.97. The van der Waals surface area contributed by atoms with Gasteiger partial charge in [0.2, 0.25) is 0 Å². The predicted molar refractivity (Wildman–Crippen MR) is 112 cm³/mol. The molecule has 1 saturated carbocycles. The summed E-state index contributed by atoms with van der Waals surface area (Å²) in [6.07, 6.45) is 0.925. The van der Waals surface area contributed by atoms with Crippen molar-refractivity contribution in [1.82, 2.24) is 0 Å². The maximum absolute atomic E-state index is 13.4. The van der Waals surface area contributed by atoms with E-state index < -0.39 is 20.5 Å². The molecular weight excluding hydrogens is 378 g/mol. The fraction of sp³-hybridized carbons (Fsp3) is 0.381. The molecule has 3 rings (SSSR count). The van der Waals surface area contributed by atoms with E-state index in [4.69, 9.17) is 22.7 Å². The van der Waals surface area contributed by atoms with E-state index in [0.29, 0.717) is 4.90 Å². The SMILES string of the molecule is CCc1ccc(C2C(S(=O)(=O)c3ccc(C)cc3)C2(COC)C(N)=S)cc1. The maximum Gasteiger partial charge on any atom is 0.182 e. The van der Waals surface area contributed by atoms with Gasteiger partial charge < -0.3 is 10.5 Å². The number of hydrogen-bond acceptors (Lipinski definition) is 4. The number of sulfone groups is 1. The van der Waals surface area contributed by atoms with Crippen molar-refractivity contribution in [2.24, 2.45) is 11.1 Å². The van der Waals surface area contributed by atoms with Crippen molar-refractivity contribution in [3.05, 3.63) is 65.2 Å². The van der Waals surface area contributed by atoms with Crippen LogP contribution in [-0.4, -0.2) is 32.4 Å². The largest absolute Gasteiger partial charge is 0.393 e. The predicted octanol–water partition coefficient (Wildman–Crippen LogP) is 3.42. The number of methoxy groups -OCH3 is 1. The normalized spacial score (nSPS) is 24.6. The summed E-state index contributed by atoms with van der Waals surface area (Å²) in [6.45, 7) is 4.19. The molecule has 1 fully saturated rings. The van der Waals surface area contributed by atoms with Crippen LogP contribution in [0.25, 0.3) is 0 Å². The molecule has 0 amide bonds. The Morgan fingerprint density at radius 1 is 1.15 bits per heavy atom. The first-order chi connectivity index (χ1) is 12.8. The van der Waals surface area contributed by atoms with Crippen LogP contribution in [-0.2, 0) is 21.0 Å². The summed E-state index contributed by atoms with van der Waals surface area (Å²) in [5, 5.41) is -0.724. The Bertz CT molecular complexity index is 936. The number of nitrogens with two attached hydrogens (primary N) is 1. The lowest BCUT2D eigenvalue weighted by atomic mass is 9.98. The Kier molecular flexibility index (Phi) is 5.43. The van der Waals surface area contributed by atoms with Gasteiger partial charge in [-0.05, 0) is 36.6 Å². The van der Waals surface area contributed by atoms with Crippen LogP contribution in [0.5, 0.6) is 0 Å². The van der Waals surface area contributed by atoms with Gasteiger partial charge in [-0.2, -0.15) is 0 Å². The third-order valence-electron chi connectivity index (χ3n) is 5.53. The van der Waals surface area contributed by atoms with Crippen molar-refractivity contribution in [2.45, 2.75) is 36.3 Å². The molecule has 0 heterocycles. The van der Waals surface area contributed by atoms with Crippen molar-refractivity contribution >= 4 is 27.0 Å². The smallest absolute Gasteiger partial charge is 0.182 e. The molecule has 0 radical (unpaired) electrons. The monoisotopic (exact) mass is 403 g/mol. The molecule has 0 aromatic heterocycles. The summed E-state index contributed by atoms with van der Waals surface area (Å²) in [6, 6.07) is 14.9. The van der Waals surface area contributed by atoms with Crippen LogP contribution in [0.15, 0.2) is 53.4 Å². The summed E-state index contributed by atoms with van der Waals surface area (Å²) < 4.78 is 32.2. The van der Waals surface area contributed by atoms with Crippen molar-refractivity contribution in [3.8, 4) is 0 Å². The minimum atomic E-state index is -3.62. The van der Waals surface area contributed by atoms with E-state index in [1.165, 1.54) is 5.56 Å². The lowest BCUT2D eigenvalue weighted by molar-refractivity contribution is 0.166. The standard InChI is InChI=1S/C21H25NO3S2/c1-4-15-7-9-16(10-8-15)18-19(21(18,13-25-3)20(22)26)27(23,24)17-11-5-14(2)6-12-17/h5-12,18-19H,4,13H2,1-3H3,(H2,22,26). The number of benzene rings is 2. The van der Waals surface area contributed by atoms with Crippen LogP contribution in [0, 0.1) is 12.3 Å². The second-order valence-electron chi connectivity index (χ2n) is 7.19. The third kappa shape index (κ3) is 3.30. The van der Waals surface area contributed by atoms with Gasteiger partial charge in [-0.3, -0.25) is 0 Å². The number of thiocarbonyl (C=S) groups is 1. The van der Waals surface area contributed by atoms with E-state index in [9.17, 15) is 8.42 Å². The number of ether oxygens (including phenoxy) is 1. The highest BCUT2D eigenvalue weighted by molar-refractivity contribution is 7.92. The lowest BCUT2D eigenvalue weighted by Crippen LogP contribution is -2.33. The molecule has 0 saturated heterocycles. The summed E-state index contributed by atoms with van der Waals surface area (Å²) in [5.41, 5.74) is 8.33. The van der Waals surface area contributed by atoms with E-state index in [2.05, 4.69) is 6.92 Å². The number of rotatable bonds is 7. The summed E-state index contributed by atoms with van der Waals surface area (Å²) in [7, 11) is -2.07. The van der Waals surface area contributed by atoms with E-state index in [1.807, 2.05) is 31.2 Å². The Hall–Kier alpha value is -1.76. The average Bonchev–Trinajstić information content (AvgIpc) is 3.33. The van der Waals surface area contributed by atoms with Gasteiger partial charge in [-0.25, -0.2) is 8.42 Å². The number of aryl methyl sites for hydroxylation is 2. The van der Waals surface area contributed by atoms with Gasteiger partial charge in [0.1, 0.15) is 0 Å². The summed E-state index contributed by atoms with van der Waals surface area (Å²) in [5.74, 6) is -0.313. The molecule has 1 aliphatic carbocycles. The zero-order valence-corrected chi connectivity index (χ0v) is 17.4. The average molecular weight is 404 g/mol. The maximum atomic E-state index is 13.4. The Labute approximate surface area is 166 Å². The highest BCUT2D eigenvalue weighted by Crippen LogP contribution is 2.64. The van der Waals surface area contributed by atoms with Gasteiger partial charge in [-0.1, -0.05) is 61.1 Å². The second-order valence-corrected chi connectivity index (χ2v) is 9.70. The van der Waals surface area contributed by atoms with E-state index in [-0.39, 0.29) is 17.5 Å². The topological polar surface area (TPSA) is 69.4 Å². The second kappa shape index (κ2) is 7.34. The molecule has 2 aromatic carbocycles. The van der Waals surface area contributed by atoms with Crippen LogP contribution in [0.1, 0.15) is 29.5 Å². The molecule has 0 aliphatic heterocycles. The summed E-state index contributed by atoms with van der Waals surface area (Å²) >= 11 is 5.34. The van der Waals surface area contributed by atoms with E-state index >= 15 is 0 Å². The molecule has 1 aliphatic rings. The van der Waals surface area contributed by atoms with Crippen molar-refractivity contribution in [3.63, 3.8) is 0 Å². The van der Waals surface area contributed by atoms with Gasteiger partial charge in [0, 0.05) is 13.0 Å². The Morgan fingerprint density at radius 3 is 2.22 bits per heavy atom. The highest BCUT2D eigenvalue weighted by Gasteiger charge is 2.73. The zero-order chi connectivity index (χ0) is 19.8. The van der Waals surface area contributed by atoms with Crippen LogP contribution < -0.4 is 5.73 Å². The third-order valence-corrected chi connectivity index (χ3v) is 8.20. The molecule has 27 heavy (non-hydrogen) atoms. The Balaban J connectivity index is 2.09. The van der Waals surface area contributed by atoms with Gasteiger partial charge in [0.15, 0.2) is 9.84 Å². The van der Waals surface area contributed by atoms with Gasteiger partial charge in [-0.15, -0.1) is 0 Å². The van der Waals surface area contributed by atoms with Gasteiger partial charge in [0.05, 0.1) is 27.2 Å². The minimum Gasteiger partial charge on any atom is -0.393 e. The van der Waals surface area contributed by atoms with Gasteiger partial charge >= 0.3 is 0 Å². The minimum absolute atomic E-state index is 0.179. The van der Waals surface area contributed by atoms with Crippen LogP contribution in [0.2, 0.25) is 0 Å². The zero-order valence-electron chi connectivity index (χ0n) is 15.8. The fourth-order valence-electron chi connectivity index (χ4n) is 3.94. The fourth-order valence-corrected chi connectivity index (χ4v) is 6.71. The molecule has 144 valence electrons. The molecule has 2 aromatic rings. The molecule has 4 nitrogen and oxygen atoms in total. The van der Waals surface area contributed by atoms with Crippen LogP contribution in [0.4, 0.5) is 0 Å². The molecule has 3 unspecified atom stereocenters. The molecule has 6 heteroatoms. The quantitative estimate of drug-likeness (QED) is 0.718. The van der Waals surface area contributed by atoms with Crippen LogP contribution in [0.3, 0.4) is 0 Å². The molecule has 0 spiro atoms. The first-order valence-corrected chi connectivity index (χ1v) is 10.9. The molecule has 3 atom stereocenters. The molecular formula is C21H25NO3S2. The Morgan fingerprint density at radius 2 is 1.74 bits per heavy atom. The number of hydrogen-bond donors (Lipinski definition) is 1. The summed E-state index contributed by atoms with van der Waals surface area (Å²) in [4.78, 5) is 0.483. The first kappa shape index (κ1) is 20.0. The van der Waals surface area contributed by atoms with Crippen LogP contribution >= 0.6 is 12.2 Å². The lowest BCUT2D eigenvalue weighted by Gasteiger charge is -2.16. The van der Waals surface area contributed by atoms with Crippen molar-refractivity contribution in [1.29, 1.82) is 0 Å². The van der Waals surface area contributed by atoms with E-state index in [1.54, 1.807) is 31.4 Å². The van der Waals surface area contributed by atoms with Crippen molar-refractivity contribution < 1.29 is 13.2 Å².